The molecule has 0 fully saturated rings. The number of anilines is 9. The summed E-state index contributed by atoms with van der Waals surface area (Å²) >= 11 is 0. The van der Waals surface area contributed by atoms with E-state index < -0.39 is 0 Å². The lowest BCUT2D eigenvalue weighted by Gasteiger charge is -2.32. The average molecular weight is 771 g/mol. The molecule has 0 atom stereocenters. The van der Waals surface area contributed by atoms with Crippen LogP contribution in [0.25, 0.3) is 27.5 Å². The van der Waals surface area contributed by atoms with Gasteiger partial charge in [-0.05, 0) is 108 Å². The summed E-state index contributed by atoms with van der Waals surface area (Å²) in [7, 11) is 0. The monoisotopic (exact) mass is 770 g/mol. The second kappa shape index (κ2) is 13.8. The second-order valence-electron chi connectivity index (χ2n) is 15.4. The minimum absolute atomic E-state index is 0.747. The molecule has 2 aliphatic heterocycles. The summed E-state index contributed by atoms with van der Waals surface area (Å²) in [5.74, 6) is 1.67. The molecule has 0 saturated carbocycles. The number of rotatable bonds is 9. The molecule has 0 unspecified atom stereocenters. The Morgan fingerprint density at radius 2 is 0.650 bits per heavy atom. The highest BCUT2D eigenvalue weighted by Gasteiger charge is 2.34. The van der Waals surface area contributed by atoms with Crippen molar-refractivity contribution in [3.05, 3.63) is 230 Å². The van der Waals surface area contributed by atoms with Crippen molar-refractivity contribution in [2.24, 2.45) is 0 Å². The van der Waals surface area contributed by atoms with Crippen molar-refractivity contribution in [3.63, 3.8) is 0 Å². The van der Waals surface area contributed by atoms with Gasteiger partial charge in [-0.2, -0.15) is 0 Å². The zero-order valence-electron chi connectivity index (χ0n) is 32.7. The Balaban J connectivity index is 1.15. The van der Waals surface area contributed by atoms with Crippen molar-refractivity contribution in [2.45, 2.75) is 6.42 Å². The van der Waals surface area contributed by atoms with Crippen LogP contribution in [0, 0.1) is 0 Å². The van der Waals surface area contributed by atoms with Gasteiger partial charge in [0.05, 0.1) is 28.1 Å². The van der Waals surface area contributed by atoms with Crippen molar-refractivity contribution in [3.8, 4) is 17.2 Å². The van der Waals surface area contributed by atoms with Crippen LogP contribution in [0.2, 0.25) is 0 Å². The lowest BCUT2D eigenvalue weighted by Crippen LogP contribution is -2.17. The molecule has 0 radical (unpaired) electrons. The van der Waals surface area contributed by atoms with Gasteiger partial charge >= 0.3 is 0 Å². The Bertz CT molecular complexity index is 2900. The number of fused-ring (bicyclic) bond motifs is 1. The van der Waals surface area contributed by atoms with E-state index in [1.165, 1.54) is 22.0 Å². The molecule has 0 saturated heterocycles. The van der Waals surface area contributed by atoms with Gasteiger partial charge in [0.25, 0.3) is 0 Å². The van der Waals surface area contributed by atoms with Crippen LogP contribution in [-0.4, -0.2) is 4.57 Å². The molecule has 0 amide bonds. The van der Waals surface area contributed by atoms with Crippen molar-refractivity contribution in [2.75, 3.05) is 14.7 Å². The molecule has 5 heteroatoms. The van der Waals surface area contributed by atoms with Crippen LogP contribution in [0.5, 0.6) is 11.5 Å². The fourth-order valence-corrected chi connectivity index (χ4v) is 9.36. The fraction of sp³-hybridized carbons (Fsp3) is 0.0182. The minimum Gasteiger partial charge on any atom is -0.453 e. The standard InChI is InChI=1S/C55H38N4O/c1-7-19-40(20-8-1)56(41-21-9-2-10-22-41)46-32-38-31-39-33-47(57(42-23-11-3-12-24-42)43-25-13-4-14-26-43)36-51-54(39)59-53(38)49(34-46)50-35-48(37-52(60-51)55(50)59)58(44-27-15-5-16-28-44)45-29-17-6-18-30-45/h1-30,32-37H,31H2. The van der Waals surface area contributed by atoms with E-state index in [2.05, 4.69) is 238 Å². The van der Waals surface area contributed by atoms with Crippen LogP contribution in [0.1, 0.15) is 11.1 Å². The Hall–Kier alpha value is -8.02. The molecule has 0 N–H and O–H groups in total. The zero-order valence-corrected chi connectivity index (χ0v) is 32.7. The van der Waals surface area contributed by atoms with Crippen molar-refractivity contribution >= 4 is 73.0 Å². The molecule has 1 aromatic heterocycles. The molecular weight excluding hydrogens is 733 g/mol. The van der Waals surface area contributed by atoms with E-state index in [-0.39, 0.29) is 0 Å². The van der Waals surface area contributed by atoms with Gasteiger partial charge in [-0.15, -0.1) is 0 Å². The van der Waals surface area contributed by atoms with E-state index in [1.54, 1.807) is 0 Å². The van der Waals surface area contributed by atoms with Crippen LogP contribution in [0.4, 0.5) is 51.2 Å². The van der Waals surface area contributed by atoms with Gasteiger partial charge in [0.15, 0.2) is 11.5 Å². The van der Waals surface area contributed by atoms with Gasteiger partial charge in [0.1, 0.15) is 0 Å². The molecule has 3 heterocycles. The first-order valence-corrected chi connectivity index (χ1v) is 20.5. The number of ether oxygens (including phenoxy) is 1. The third kappa shape index (κ3) is 5.48. The first kappa shape index (κ1) is 34.1. The van der Waals surface area contributed by atoms with Crippen molar-refractivity contribution < 1.29 is 4.74 Å². The number of hydrogen-bond acceptors (Lipinski definition) is 4. The Morgan fingerprint density at radius 3 is 1.07 bits per heavy atom. The quantitative estimate of drug-likeness (QED) is 0.146. The van der Waals surface area contributed by atoms with Gasteiger partial charge in [0, 0.05) is 69.1 Å². The summed E-state index contributed by atoms with van der Waals surface area (Å²) < 4.78 is 9.74. The predicted molar refractivity (Wildman–Crippen MR) is 248 cm³/mol. The lowest BCUT2D eigenvalue weighted by molar-refractivity contribution is 0.475. The maximum absolute atomic E-state index is 7.25. The summed E-state index contributed by atoms with van der Waals surface area (Å²) in [6, 6.07) is 77.8. The van der Waals surface area contributed by atoms with E-state index in [4.69, 9.17) is 4.74 Å². The van der Waals surface area contributed by atoms with E-state index in [9.17, 15) is 0 Å². The summed E-state index contributed by atoms with van der Waals surface area (Å²) in [6.45, 7) is 0. The maximum Gasteiger partial charge on any atom is 0.154 e. The van der Waals surface area contributed by atoms with Gasteiger partial charge in [-0.3, -0.25) is 0 Å². The summed E-state index contributed by atoms with van der Waals surface area (Å²) in [6.07, 6.45) is 0.747. The molecule has 2 aliphatic rings. The molecule has 9 aromatic carbocycles. The van der Waals surface area contributed by atoms with Crippen molar-refractivity contribution in [1.82, 2.24) is 4.57 Å². The SMILES string of the molecule is c1ccc(N(c2ccccc2)c2cc3c4c(c2)Oc2cc(N(c5ccccc5)c5ccccc5)cc5c6cc(N(c7ccccc7)c7ccccc7)cc(c6n-4c25)C3)cc1. The smallest absolute Gasteiger partial charge is 0.154 e. The highest BCUT2D eigenvalue weighted by Crippen LogP contribution is 2.55. The highest BCUT2D eigenvalue weighted by atomic mass is 16.5. The largest absolute Gasteiger partial charge is 0.453 e. The molecule has 284 valence electrons. The van der Waals surface area contributed by atoms with Crippen molar-refractivity contribution in [1.29, 1.82) is 0 Å². The Labute approximate surface area is 348 Å². The van der Waals surface area contributed by atoms with Gasteiger partial charge in [-0.1, -0.05) is 109 Å². The zero-order chi connectivity index (χ0) is 39.6. The Morgan fingerprint density at radius 1 is 0.317 bits per heavy atom. The first-order chi connectivity index (χ1) is 29.8. The van der Waals surface area contributed by atoms with E-state index in [0.717, 1.165) is 85.7 Å². The number of benzene rings is 9. The number of hydrogen-bond donors (Lipinski definition) is 0. The summed E-state index contributed by atoms with van der Waals surface area (Å²) in [4.78, 5) is 7.04. The molecule has 60 heavy (non-hydrogen) atoms. The number of aromatic nitrogens is 1. The van der Waals surface area contributed by atoms with Crippen LogP contribution in [0.3, 0.4) is 0 Å². The van der Waals surface area contributed by atoms with Crippen LogP contribution in [-0.2, 0) is 6.42 Å². The van der Waals surface area contributed by atoms with E-state index in [0.29, 0.717) is 0 Å². The van der Waals surface area contributed by atoms with Crippen LogP contribution >= 0.6 is 0 Å². The average Bonchev–Trinajstić information content (AvgIpc) is 3.64. The molecule has 12 rings (SSSR count). The lowest BCUT2D eigenvalue weighted by atomic mass is 9.95. The van der Waals surface area contributed by atoms with Gasteiger partial charge in [-0.25, -0.2) is 0 Å². The molecule has 0 bridgehead atoms. The van der Waals surface area contributed by atoms with Gasteiger partial charge < -0.3 is 24.0 Å². The topological polar surface area (TPSA) is 23.9 Å². The molecule has 5 nitrogen and oxygen atoms in total. The molecule has 0 aliphatic carbocycles. The van der Waals surface area contributed by atoms with E-state index in [1.807, 2.05) is 0 Å². The minimum atomic E-state index is 0.747. The fourth-order valence-electron chi connectivity index (χ4n) is 9.36. The number of para-hydroxylation sites is 6. The third-order valence-corrected chi connectivity index (χ3v) is 11.8. The van der Waals surface area contributed by atoms with E-state index >= 15 is 0 Å². The first-order valence-electron chi connectivity index (χ1n) is 20.5. The summed E-state index contributed by atoms with van der Waals surface area (Å²) in [5.41, 5.74) is 15.6. The highest BCUT2D eigenvalue weighted by molar-refractivity contribution is 6.16. The molecular formula is C55H38N4O. The number of nitrogens with zero attached hydrogens (tertiary/aromatic N) is 4. The maximum atomic E-state index is 7.25. The second-order valence-corrected chi connectivity index (χ2v) is 15.4. The molecule has 0 spiro atoms. The third-order valence-electron chi connectivity index (χ3n) is 11.8. The normalized spacial score (nSPS) is 12.1. The summed E-state index contributed by atoms with van der Waals surface area (Å²) in [5, 5.41) is 2.34. The van der Waals surface area contributed by atoms with Crippen LogP contribution < -0.4 is 19.4 Å². The molecule has 10 aromatic rings. The van der Waals surface area contributed by atoms with Gasteiger partial charge in [0.2, 0.25) is 0 Å². The van der Waals surface area contributed by atoms with Crippen LogP contribution in [0.15, 0.2) is 218 Å². The predicted octanol–water partition coefficient (Wildman–Crippen LogP) is 15.2. The Kier molecular flexibility index (Phi) is 7.85.